The molecule has 1 aliphatic carbocycles. The first-order valence-electron chi connectivity index (χ1n) is 7.74. The summed E-state index contributed by atoms with van der Waals surface area (Å²) in [5, 5.41) is 0. The maximum absolute atomic E-state index is 6.26. The van der Waals surface area contributed by atoms with Crippen LogP contribution in [-0.2, 0) is 0 Å². The molecule has 3 atom stereocenters. The highest BCUT2D eigenvalue weighted by atomic mass is 16.5. The molecule has 2 N–H and O–H groups in total. The molecule has 1 aliphatic heterocycles. The summed E-state index contributed by atoms with van der Waals surface area (Å²) < 4.78 is 5.59. The van der Waals surface area contributed by atoms with Crippen LogP contribution in [0.25, 0.3) is 0 Å². The van der Waals surface area contributed by atoms with Gasteiger partial charge in [0.1, 0.15) is 0 Å². The number of rotatable bonds is 4. The van der Waals surface area contributed by atoms with E-state index in [0.717, 1.165) is 31.9 Å². The normalized spacial score (nSPS) is 29.3. The van der Waals surface area contributed by atoms with Crippen molar-refractivity contribution in [3.63, 3.8) is 0 Å². The molecule has 1 aromatic rings. The average Bonchev–Trinajstić information content (AvgIpc) is 2.91. The Morgan fingerprint density at radius 2 is 2.30 bits per heavy atom. The van der Waals surface area contributed by atoms with Gasteiger partial charge in [0.15, 0.2) is 0 Å². The minimum Gasteiger partial charge on any atom is -0.478 e. The van der Waals surface area contributed by atoms with Gasteiger partial charge in [-0.2, -0.15) is 4.98 Å². The maximum Gasteiger partial charge on any atom is 0.228 e. The molecule has 5 nitrogen and oxygen atoms in total. The number of aromatic nitrogens is 2. The highest BCUT2D eigenvalue weighted by molar-refractivity contribution is 5.34. The topological polar surface area (TPSA) is 64.3 Å². The van der Waals surface area contributed by atoms with Gasteiger partial charge in [-0.1, -0.05) is 13.3 Å². The molecule has 1 saturated carbocycles. The zero-order chi connectivity index (χ0) is 13.9. The van der Waals surface area contributed by atoms with Crippen molar-refractivity contribution in [3.8, 4) is 5.88 Å². The summed E-state index contributed by atoms with van der Waals surface area (Å²) in [7, 11) is 0. The minimum atomic E-state index is 0.346. The van der Waals surface area contributed by atoms with Crippen LogP contribution in [0.5, 0.6) is 5.88 Å². The average molecular weight is 276 g/mol. The predicted molar refractivity (Wildman–Crippen MR) is 78.8 cm³/mol. The summed E-state index contributed by atoms with van der Waals surface area (Å²) in [5.74, 6) is 2.78. The molecule has 0 radical (unpaired) electrons. The van der Waals surface area contributed by atoms with E-state index in [1.807, 2.05) is 6.07 Å². The van der Waals surface area contributed by atoms with Crippen LogP contribution in [0.1, 0.15) is 32.6 Å². The molecule has 20 heavy (non-hydrogen) atoms. The van der Waals surface area contributed by atoms with Gasteiger partial charge in [0.2, 0.25) is 11.8 Å². The van der Waals surface area contributed by atoms with E-state index >= 15 is 0 Å². The molecule has 0 bridgehead atoms. The number of hydrogen-bond acceptors (Lipinski definition) is 5. The standard InChI is InChI=1S/C15H24N4O/c1-2-8-20-14-6-7-17-15(18-14)19-9-11-4-3-5-13(16)12(11)10-19/h6-7,11-13H,2-5,8-10,16H2,1H3. The van der Waals surface area contributed by atoms with Crippen molar-refractivity contribution in [1.82, 2.24) is 9.97 Å². The lowest BCUT2D eigenvalue weighted by Crippen LogP contribution is -2.38. The third kappa shape index (κ3) is 2.73. The number of nitrogens with zero attached hydrogens (tertiary/aromatic N) is 3. The quantitative estimate of drug-likeness (QED) is 0.909. The molecule has 0 spiro atoms. The molecule has 2 aliphatic rings. The van der Waals surface area contributed by atoms with Crippen molar-refractivity contribution in [2.45, 2.75) is 38.6 Å². The number of ether oxygens (including phenoxy) is 1. The van der Waals surface area contributed by atoms with Gasteiger partial charge in [-0.15, -0.1) is 0 Å². The van der Waals surface area contributed by atoms with Crippen LogP contribution >= 0.6 is 0 Å². The SMILES string of the molecule is CCCOc1ccnc(N2CC3CCCC(N)C3C2)n1. The Hall–Kier alpha value is -1.36. The van der Waals surface area contributed by atoms with E-state index in [1.54, 1.807) is 6.20 Å². The van der Waals surface area contributed by atoms with E-state index in [4.69, 9.17) is 10.5 Å². The first-order valence-corrected chi connectivity index (χ1v) is 7.74. The van der Waals surface area contributed by atoms with E-state index in [-0.39, 0.29) is 0 Å². The van der Waals surface area contributed by atoms with Gasteiger partial charge in [-0.3, -0.25) is 0 Å². The predicted octanol–water partition coefficient (Wildman–Crippen LogP) is 1.83. The van der Waals surface area contributed by atoms with Crippen molar-refractivity contribution >= 4 is 5.95 Å². The van der Waals surface area contributed by atoms with Gasteiger partial charge in [0.05, 0.1) is 6.61 Å². The lowest BCUT2D eigenvalue weighted by atomic mass is 9.78. The van der Waals surface area contributed by atoms with E-state index in [0.29, 0.717) is 30.4 Å². The Bertz CT molecular complexity index is 453. The second-order valence-corrected chi connectivity index (χ2v) is 5.97. The van der Waals surface area contributed by atoms with Gasteiger partial charge >= 0.3 is 0 Å². The van der Waals surface area contributed by atoms with Crippen LogP contribution in [0.3, 0.4) is 0 Å². The molecule has 5 heteroatoms. The molecular formula is C15H24N4O. The lowest BCUT2D eigenvalue weighted by Gasteiger charge is -2.29. The monoisotopic (exact) mass is 276 g/mol. The largest absolute Gasteiger partial charge is 0.478 e. The Balaban J connectivity index is 1.70. The first kappa shape index (κ1) is 13.6. The molecule has 2 fully saturated rings. The van der Waals surface area contributed by atoms with Crippen molar-refractivity contribution in [2.24, 2.45) is 17.6 Å². The van der Waals surface area contributed by atoms with Crippen molar-refractivity contribution in [3.05, 3.63) is 12.3 Å². The van der Waals surface area contributed by atoms with Gasteiger partial charge in [0, 0.05) is 31.4 Å². The second kappa shape index (κ2) is 5.95. The number of anilines is 1. The Kier molecular flexibility index (Phi) is 4.05. The molecule has 1 aromatic heterocycles. The zero-order valence-corrected chi connectivity index (χ0v) is 12.2. The van der Waals surface area contributed by atoms with Crippen LogP contribution in [0.15, 0.2) is 12.3 Å². The second-order valence-electron chi connectivity index (χ2n) is 5.97. The summed E-state index contributed by atoms with van der Waals surface area (Å²) in [4.78, 5) is 11.2. The van der Waals surface area contributed by atoms with Gasteiger partial charge in [-0.25, -0.2) is 4.98 Å². The number of nitrogens with two attached hydrogens (primary N) is 1. The molecule has 0 aromatic carbocycles. The molecule has 3 unspecified atom stereocenters. The fourth-order valence-corrected chi connectivity index (χ4v) is 3.45. The van der Waals surface area contributed by atoms with Crippen LogP contribution in [0, 0.1) is 11.8 Å². The van der Waals surface area contributed by atoms with Crippen molar-refractivity contribution < 1.29 is 4.74 Å². The van der Waals surface area contributed by atoms with Crippen molar-refractivity contribution in [1.29, 1.82) is 0 Å². The summed E-state index contributed by atoms with van der Waals surface area (Å²) in [6, 6.07) is 2.17. The molecule has 110 valence electrons. The summed E-state index contributed by atoms with van der Waals surface area (Å²) >= 11 is 0. The van der Waals surface area contributed by atoms with Crippen molar-refractivity contribution in [2.75, 3.05) is 24.6 Å². The molecule has 0 amide bonds. The number of hydrogen-bond donors (Lipinski definition) is 1. The van der Waals surface area contributed by atoms with Crippen LogP contribution in [-0.4, -0.2) is 35.7 Å². The minimum absolute atomic E-state index is 0.346. The fourth-order valence-electron chi connectivity index (χ4n) is 3.45. The third-order valence-electron chi connectivity index (χ3n) is 4.51. The van der Waals surface area contributed by atoms with E-state index in [9.17, 15) is 0 Å². The molecular weight excluding hydrogens is 252 g/mol. The summed E-state index contributed by atoms with van der Waals surface area (Å²) in [6.45, 7) is 4.82. The smallest absolute Gasteiger partial charge is 0.228 e. The van der Waals surface area contributed by atoms with Gasteiger partial charge in [0.25, 0.3) is 0 Å². The van der Waals surface area contributed by atoms with Gasteiger partial charge in [-0.05, 0) is 31.1 Å². The number of fused-ring (bicyclic) bond motifs is 1. The third-order valence-corrected chi connectivity index (χ3v) is 4.51. The Morgan fingerprint density at radius 3 is 3.10 bits per heavy atom. The molecule has 1 saturated heterocycles. The van der Waals surface area contributed by atoms with E-state index < -0.39 is 0 Å². The zero-order valence-electron chi connectivity index (χ0n) is 12.2. The summed E-state index contributed by atoms with van der Waals surface area (Å²) in [6.07, 6.45) is 6.49. The van der Waals surface area contributed by atoms with Crippen LogP contribution in [0.4, 0.5) is 5.95 Å². The highest BCUT2D eigenvalue weighted by Gasteiger charge is 2.39. The Labute approximate surface area is 120 Å². The lowest BCUT2D eigenvalue weighted by molar-refractivity contribution is 0.260. The van der Waals surface area contributed by atoms with Crippen LogP contribution in [0.2, 0.25) is 0 Å². The van der Waals surface area contributed by atoms with Gasteiger partial charge < -0.3 is 15.4 Å². The van der Waals surface area contributed by atoms with Crippen LogP contribution < -0.4 is 15.4 Å². The first-order chi connectivity index (χ1) is 9.78. The highest BCUT2D eigenvalue weighted by Crippen LogP contribution is 2.36. The maximum atomic E-state index is 6.26. The van der Waals surface area contributed by atoms with E-state index in [2.05, 4.69) is 21.8 Å². The fraction of sp³-hybridized carbons (Fsp3) is 0.733. The van der Waals surface area contributed by atoms with E-state index in [1.165, 1.54) is 12.8 Å². The molecule has 2 heterocycles. The summed E-state index contributed by atoms with van der Waals surface area (Å²) in [5.41, 5.74) is 6.26. The molecule has 3 rings (SSSR count). The Morgan fingerprint density at radius 1 is 1.40 bits per heavy atom.